The quantitative estimate of drug-likeness (QED) is 0.865. The molecule has 7 heteroatoms. The van der Waals surface area contributed by atoms with Crippen molar-refractivity contribution in [2.75, 3.05) is 13.1 Å². The molecule has 0 N–H and O–H groups in total. The second kappa shape index (κ2) is 6.91. The summed E-state index contributed by atoms with van der Waals surface area (Å²) in [5.74, 6) is -0.598. The van der Waals surface area contributed by atoms with E-state index in [4.69, 9.17) is 16.3 Å². The largest absolute Gasteiger partial charge is 0.458 e. The van der Waals surface area contributed by atoms with Crippen LogP contribution >= 0.6 is 11.6 Å². The molecule has 1 aromatic heterocycles. The molecule has 0 bridgehead atoms. The van der Waals surface area contributed by atoms with Gasteiger partial charge in [-0.15, -0.1) is 0 Å². The molecular formula is C16H15ClFN3O2. The summed E-state index contributed by atoms with van der Waals surface area (Å²) in [4.78, 5) is 21.8. The van der Waals surface area contributed by atoms with Crippen molar-refractivity contribution in [1.82, 2.24) is 14.9 Å². The first-order chi connectivity index (χ1) is 11.1. The fourth-order valence-corrected chi connectivity index (χ4v) is 2.72. The van der Waals surface area contributed by atoms with Crippen molar-refractivity contribution in [3.8, 4) is 6.01 Å². The number of likely N-dealkylation sites (tertiary alicyclic amines) is 1. The topological polar surface area (TPSA) is 55.3 Å². The van der Waals surface area contributed by atoms with Crippen molar-refractivity contribution in [3.63, 3.8) is 0 Å². The van der Waals surface area contributed by atoms with Gasteiger partial charge in [-0.2, -0.15) is 0 Å². The van der Waals surface area contributed by atoms with E-state index < -0.39 is 5.82 Å². The van der Waals surface area contributed by atoms with E-state index in [1.807, 2.05) is 0 Å². The van der Waals surface area contributed by atoms with Crippen molar-refractivity contribution in [1.29, 1.82) is 0 Å². The summed E-state index contributed by atoms with van der Waals surface area (Å²) in [6.45, 7) is 1.10. The number of piperidine rings is 1. The number of rotatable bonds is 3. The fraction of sp³-hybridized carbons (Fsp3) is 0.312. The van der Waals surface area contributed by atoms with E-state index in [2.05, 4.69) is 9.97 Å². The maximum atomic E-state index is 12.8. The first-order valence-electron chi connectivity index (χ1n) is 7.31. The zero-order valence-electron chi connectivity index (χ0n) is 12.3. The Labute approximate surface area is 138 Å². The lowest BCUT2D eigenvalue weighted by atomic mass is 10.1. The summed E-state index contributed by atoms with van der Waals surface area (Å²) in [5.41, 5.74) is 0.552. The number of hydrogen-bond donors (Lipinski definition) is 0. The minimum Gasteiger partial charge on any atom is -0.458 e. The molecule has 1 saturated heterocycles. The van der Waals surface area contributed by atoms with Crippen LogP contribution in [0.2, 0.25) is 5.02 Å². The Kier molecular flexibility index (Phi) is 4.71. The summed E-state index contributed by atoms with van der Waals surface area (Å²) in [6, 6.07) is 6.99. The van der Waals surface area contributed by atoms with Crippen molar-refractivity contribution in [3.05, 3.63) is 53.1 Å². The summed E-state index contributed by atoms with van der Waals surface area (Å²) >= 11 is 5.93. The van der Waals surface area contributed by atoms with E-state index in [9.17, 15) is 9.18 Å². The number of carbonyl (C=O) groups excluding carboxylic acids is 1. The van der Waals surface area contributed by atoms with Gasteiger partial charge in [-0.3, -0.25) is 4.79 Å². The van der Waals surface area contributed by atoms with Crippen LogP contribution in [0.15, 0.2) is 36.7 Å². The van der Waals surface area contributed by atoms with Gasteiger partial charge in [0, 0.05) is 17.1 Å². The Morgan fingerprint density at radius 3 is 2.87 bits per heavy atom. The molecule has 120 valence electrons. The maximum Gasteiger partial charge on any atom is 0.316 e. The molecule has 0 saturated carbocycles. The second-order valence-electron chi connectivity index (χ2n) is 5.33. The predicted molar refractivity (Wildman–Crippen MR) is 83.0 cm³/mol. The molecule has 1 aliphatic rings. The Balaban J connectivity index is 1.66. The number of carbonyl (C=O) groups is 1. The Bertz CT molecular complexity index is 696. The molecule has 0 radical (unpaired) electrons. The fourth-order valence-electron chi connectivity index (χ4n) is 2.53. The normalized spacial score (nSPS) is 17.8. The summed E-state index contributed by atoms with van der Waals surface area (Å²) in [5, 5.41) is 0.528. The first-order valence-corrected chi connectivity index (χ1v) is 7.68. The van der Waals surface area contributed by atoms with Gasteiger partial charge in [0.2, 0.25) is 0 Å². The molecule has 0 unspecified atom stereocenters. The average Bonchev–Trinajstić information content (AvgIpc) is 2.56. The minimum atomic E-state index is -0.515. The van der Waals surface area contributed by atoms with Gasteiger partial charge in [0.05, 0.1) is 18.9 Å². The van der Waals surface area contributed by atoms with Crippen LogP contribution in [0, 0.1) is 5.82 Å². The molecular weight excluding hydrogens is 321 g/mol. The maximum absolute atomic E-state index is 12.8. The predicted octanol–water partition coefficient (Wildman–Crippen LogP) is 2.95. The highest BCUT2D eigenvalue weighted by Crippen LogP contribution is 2.19. The number of amides is 1. The minimum absolute atomic E-state index is 0.0826. The number of nitrogens with zero attached hydrogens (tertiary/aromatic N) is 3. The van der Waals surface area contributed by atoms with Crippen molar-refractivity contribution < 1.29 is 13.9 Å². The molecule has 3 rings (SSSR count). The summed E-state index contributed by atoms with van der Waals surface area (Å²) < 4.78 is 18.5. The molecule has 5 nitrogen and oxygen atoms in total. The molecule has 0 spiro atoms. The molecule has 1 atom stereocenters. The third-order valence-electron chi connectivity index (χ3n) is 3.61. The van der Waals surface area contributed by atoms with Crippen LogP contribution in [-0.4, -0.2) is 40.0 Å². The van der Waals surface area contributed by atoms with Crippen LogP contribution in [0.25, 0.3) is 0 Å². The van der Waals surface area contributed by atoms with Gasteiger partial charge in [0.1, 0.15) is 6.10 Å². The van der Waals surface area contributed by atoms with Gasteiger partial charge in [-0.05, 0) is 31.0 Å². The number of halogens is 2. The standard InChI is InChI=1S/C16H15ClFN3O2/c17-12-4-1-3-11(7-12)15(22)21-6-2-5-14(10-21)23-16-19-8-13(18)9-20-16/h1,3-4,7-9,14H,2,5-6,10H2/t14-/m1/s1. The van der Waals surface area contributed by atoms with Crippen molar-refractivity contribution >= 4 is 17.5 Å². The highest BCUT2D eigenvalue weighted by atomic mass is 35.5. The van der Waals surface area contributed by atoms with E-state index in [1.165, 1.54) is 0 Å². The van der Waals surface area contributed by atoms with Gasteiger partial charge in [-0.1, -0.05) is 17.7 Å². The molecule has 1 amide bonds. The van der Waals surface area contributed by atoms with Crippen molar-refractivity contribution in [2.24, 2.45) is 0 Å². The van der Waals surface area contributed by atoms with E-state index in [0.29, 0.717) is 23.7 Å². The van der Waals surface area contributed by atoms with Gasteiger partial charge < -0.3 is 9.64 Å². The third kappa shape index (κ3) is 3.96. The lowest BCUT2D eigenvalue weighted by molar-refractivity contribution is 0.0515. The Morgan fingerprint density at radius 1 is 1.35 bits per heavy atom. The van der Waals surface area contributed by atoms with Gasteiger partial charge in [-0.25, -0.2) is 14.4 Å². The van der Waals surface area contributed by atoms with Crippen LogP contribution in [0.3, 0.4) is 0 Å². The summed E-state index contributed by atoms with van der Waals surface area (Å²) in [6.07, 6.45) is 3.51. The van der Waals surface area contributed by atoms with Gasteiger partial charge in [0.25, 0.3) is 5.91 Å². The smallest absolute Gasteiger partial charge is 0.316 e. The van der Waals surface area contributed by atoms with E-state index >= 15 is 0 Å². The molecule has 2 aromatic rings. The van der Waals surface area contributed by atoms with Crippen LogP contribution in [0.5, 0.6) is 6.01 Å². The van der Waals surface area contributed by atoms with Gasteiger partial charge >= 0.3 is 6.01 Å². The Morgan fingerprint density at radius 2 is 2.13 bits per heavy atom. The van der Waals surface area contributed by atoms with Crippen LogP contribution < -0.4 is 4.74 Å². The molecule has 1 fully saturated rings. The number of ether oxygens (including phenoxy) is 1. The SMILES string of the molecule is O=C(c1cccc(Cl)c1)N1CCC[C@@H](Oc2ncc(F)cn2)C1. The van der Waals surface area contributed by atoms with Crippen LogP contribution in [0.1, 0.15) is 23.2 Å². The highest BCUT2D eigenvalue weighted by Gasteiger charge is 2.26. The molecule has 0 aliphatic carbocycles. The lowest BCUT2D eigenvalue weighted by Crippen LogP contribution is -2.44. The third-order valence-corrected chi connectivity index (χ3v) is 3.84. The molecule has 1 aromatic carbocycles. The van der Waals surface area contributed by atoms with Crippen molar-refractivity contribution in [2.45, 2.75) is 18.9 Å². The zero-order valence-corrected chi connectivity index (χ0v) is 13.0. The number of aromatic nitrogens is 2. The highest BCUT2D eigenvalue weighted by molar-refractivity contribution is 6.30. The molecule has 23 heavy (non-hydrogen) atoms. The van der Waals surface area contributed by atoms with Gasteiger partial charge in [0.15, 0.2) is 5.82 Å². The average molecular weight is 336 g/mol. The molecule has 1 aliphatic heterocycles. The first kappa shape index (κ1) is 15.7. The second-order valence-corrected chi connectivity index (χ2v) is 5.76. The van der Waals surface area contributed by atoms with Crippen LogP contribution in [0.4, 0.5) is 4.39 Å². The number of benzene rings is 1. The van der Waals surface area contributed by atoms with E-state index in [-0.39, 0.29) is 18.0 Å². The number of hydrogen-bond acceptors (Lipinski definition) is 4. The van der Waals surface area contributed by atoms with Crippen LogP contribution in [-0.2, 0) is 0 Å². The molecule has 2 heterocycles. The Hall–Kier alpha value is -2.21. The monoisotopic (exact) mass is 335 g/mol. The summed E-state index contributed by atoms with van der Waals surface area (Å²) in [7, 11) is 0. The zero-order chi connectivity index (χ0) is 16.2. The van der Waals surface area contributed by atoms with E-state index in [1.54, 1.807) is 29.2 Å². The lowest BCUT2D eigenvalue weighted by Gasteiger charge is -2.32. The van der Waals surface area contributed by atoms with E-state index in [0.717, 1.165) is 25.2 Å².